The molecular weight excluding hydrogens is 320 g/mol. The van der Waals surface area contributed by atoms with E-state index in [0.29, 0.717) is 11.3 Å². The lowest BCUT2D eigenvalue weighted by Gasteiger charge is -2.12. The molecule has 0 aromatic heterocycles. The number of anilines is 1. The van der Waals surface area contributed by atoms with Crippen LogP contribution in [0, 0.1) is 6.92 Å². The van der Waals surface area contributed by atoms with Crippen LogP contribution < -0.4 is 21.1 Å². The maximum atomic E-state index is 12.3. The lowest BCUT2D eigenvalue weighted by atomic mass is 10.2. The van der Waals surface area contributed by atoms with Gasteiger partial charge in [0, 0.05) is 11.7 Å². The maximum Gasteiger partial charge on any atom is 0.243 e. The Morgan fingerprint density at radius 2 is 1.96 bits per heavy atom. The molecule has 5 N–H and O–H groups in total. The number of carbonyl (C=O) groups is 2. The minimum absolute atomic E-state index is 0.00382. The molecule has 0 saturated heterocycles. The van der Waals surface area contributed by atoms with E-state index in [-0.39, 0.29) is 24.0 Å². The quantitative estimate of drug-likeness (QED) is 0.529. The van der Waals surface area contributed by atoms with Crippen molar-refractivity contribution in [3.63, 3.8) is 0 Å². The van der Waals surface area contributed by atoms with Crippen molar-refractivity contribution in [2.45, 2.75) is 30.7 Å². The van der Waals surface area contributed by atoms with Gasteiger partial charge < -0.3 is 16.4 Å². The third kappa shape index (κ3) is 5.02. The zero-order valence-electron chi connectivity index (χ0n) is 12.8. The summed E-state index contributed by atoms with van der Waals surface area (Å²) in [5, 5.41) is 4.88. The van der Waals surface area contributed by atoms with Gasteiger partial charge in [-0.15, -0.1) is 0 Å². The number of rotatable bonds is 7. The summed E-state index contributed by atoms with van der Waals surface area (Å²) in [6.07, 6.45) is 1.69. The van der Waals surface area contributed by atoms with Crippen molar-refractivity contribution in [1.29, 1.82) is 0 Å². The van der Waals surface area contributed by atoms with Crippen LogP contribution in [0.4, 0.5) is 5.69 Å². The van der Waals surface area contributed by atoms with E-state index in [9.17, 15) is 18.0 Å². The van der Waals surface area contributed by atoms with Gasteiger partial charge >= 0.3 is 0 Å². The predicted molar refractivity (Wildman–Crippen MR) is 85.2 cm³/mol. The van der Waals surface area contributed by atoms with Crippen LogP contribution in [0.15, 0.2) is 23.1 Å². The molecular formula is C14H20N4O4S. The van der Waals surface area contributed by atoms with Crippen molar-refractivity contribution in [2.75, 3.05) is 18.4 Å². The summed E-state index contributed by atoms with van der Waals surface area (Å²) in [6.45, 7) is 1.26. The smallest absolute Gasteiger partial charge is 0.243 e. The topological polar surface area (TPSA) is 130 Å². The molecule has 2 rings (SSSR count). The van der Waals surface area contributed by atoms with Crippen LogP contribution in [0.3, 0.4) is 0 Å². The van der Waals surface area contributed by atoms with Gasteiger partial charge in [-0.25, -0.2) is 13.1 Å². The highest BCUT2D eigenvalue weighted by Crippen LogP contribution is 2.25. The Morgan fingerprint density at radius 3 is 2.57 bits per heavy atom. The van der Waals surface area contributed by atoms with Crippen molar-refractivity contribution in [1.82, 2.24) is 10.0 Å². The second-order valence-corrected chi connectivity index (χ2v) is 7.09. The zero-order valence-corrected chi connectivity index (χ0v) is 13.6. The Balaban J connectivity index is 2.07. The van der Waals surface area contributed by atoms with Crippen LogP contribution in [0.1, 0.15) is 18.4 Å². The lowest BCUT2D eigenvalue weighted by Crippen LogP contribution is -2.36. The van der Waals surface area contributed by atoms with E-state index in [1.54, 1.807) is 19.1 Å². The highest BCUT2D eigenvalue weighted by Gasteiger charge is 2.29. The number of aryl methyl sites for hydroxylation is 1. The van der Waals surface area contributed by atoms with Crippen molar-refractivity contribution in [3.8, 4) is 0 Å². The number of carbonyl (C=O) groups excluding carboxylic acids is 2. The molecule has 0 unspecified atom stereocenters. The molecule has 9 heteroatoms. The monoisotopic (exact) mass is 340 g/mol. The normalized spacial score (nSPS) is 14.3. The summed E-state index contributed by atoms with van der Waals surface area (Å²) in [5.74, 6) is -0.907. The largest absolute Gasteiger partial charge is 0.346 e. The van der Waals surface area contributed by atoms with E-state index >= 15 is 0 Å². The van der Waals surface area contributed by atoms with E-state index in [1.165, 1.54) is 6.07 Å². The fourth-order valence-corrected chi connectivity index (χ4v) is 3.48. The molecule has 1 aliphatic rings. The summed E-state index contributed by atoms with van der Waals surface area (Å²) in [4.78, 5) is 22.9. The molecule has 126 valence electrons. The molecule has 0 spiro atoms. The number of nitrogens with one attached hydrogen (secondary N) is 3. The summed E-state index contributed by atoms with van der Waals surface area (Å²) in [5.41, 5.74) is 6.06. The van der Waals surface area contributed by atoms with Crippen LogP contribution in [0.25, 0.3) is 0 Å². The van der Waals surface area contributed by atoms with Crippen LogP contribution in [0.2, 0.25) is 0 Å². The van der Waals surface area contributed by atoms with Gasteiger partial charge in [0.05, 0.1) is 18.0 Å². The second-order valence-electron chi connectivity index (χ2n) is 5.40. The third-order valence-electron chi connectivity index (χ3n) is 3.29. The second kappa shape index (κ2) is 7.07. The Hall–Kier alpha value is -1.97. The Kier molecular flexibility index (Phi) is 5.34. The molecule has 1 aliphatic carbocycles. The molecule has 8 nitrogen and oxygen atoms in total. The molecule has 2 amide bonds. The van der Waals surface area contributed by atoms with E-state index in [1.807, 2.05) is 0 Å². The molecule has 1 fully saturated rings. The Labute approximate surface area is 134 Å². The molecule has 1 saturated carbocycles. The first-order valence-corrected chi connectivity index (χ1v) is 8.70. The predicted octanol–water partition coefficient (Wildman–Crippen LogP) is -0.551. The molecule has 0 radical (unpaired) electrons. The first kappa shape index (κ1) is 17.4. The van der Waals surface area contributed by atoms with Crippen molar-refractivity contribution in [3.05, 3.63) is 23.8 Å². The van der Waals surface area contributed by atoms with Gasteiger partial charge in [-0.1, -0.05) is 6.07 Å². The first-order chi connectivity index (χ1) is 10.8. The van der Waals surface area contributed by atoms with Crippen molar-refractivity contribution in [2.24, 2.45) is 5.73 Å². The summed E-state index contributed by atoms with van der Waals surface area (Å²) in [7, 11) is -3.60. The Bertz CT molecular complexity index is 713. The minimum atomic E-state index is -3.60. The first-order valence-electron chi connectivity index (χ1n) is 7.21. The van der Waals surface area contributed by atoms with Crippen LogP contribution in [0.5, 0.6) is 0 Å². The molecule has 0 atom stereocenters. The average Bonchev–Trinajstić information content (AvgIpc) is 3.29. The van der Waals surface area contributed by atoms with Gasteiger partial charge in [-0.2, -0.15) is 0 Å². The molecule has 0 heterocycles. The fraction of sp³-hybridized carbons (Fsp3) is 0.429. The molecule has 23 heavy (non-hydrogen) atoms. The number of hydrogen-bond donors (Lipinski definition) is 4. The van der Waals surface area contributed by atoms with E-state index in [0.717, 1.165) is 12.8 Å². The molecule has 1 aromatic rings. The highest BCUT2D eigenvalue weighted by molar-refractivity contribution is 7.89. The number of sulfonamides is 1. The van der Waals surface area contributed by atoms with Gasteiger partial charge in [0.1, 0.15) is 0 Å². The number of benzene rings is 1. The van der Waals surface area contributed by atoms with Crippen LogP contribution >= 0.6 is 0 Å². The number of amides is 2. The minimum Gasteiger partial charge on any atom is -0.346 e. The average molecular weight is 340 g/mol. The number of hydrogen-bond acceptors (Lipinski definition) is 5. The van der Waals surface area contributed by atoms with Gasteiger partial charge in [-0.3, -0.25) is 9.59 Å². The van der Waals surface area contributed by atoms with E-state index < -0.39 is 21.8 Å². The fourth-order valence-electron chi connectivity index (χ4n) is 1.91. The van der Waals surface area contributed by atoms with E-state index in [4.69, 9.17) is 5.73 Å². The molecule has 0 aliphatic heterocycles. The Morgan fingerprint density at radius 1 is 1.26 bits per heavy atom. The SMILES string of the molecule is Cc1ccc(NC(=O)CNC(=O)CN)cc1S(=O)(=O)NC1CC1. The maximum absolute atomic E-state index is 12.3. The number of nitrogens with two attached hydrogens (primary N) is 1. The standard InChI is InChI=1S/C14H20N4O4S/c1-9-2-3-11(17-14(20)8-16-13(19)7-15)6-12(9)23(21,22)18-10-4-5-10/h2-3,6,10,18H,4-5,7-8,15H2,1H3,(H,16,19)(H,17,20). The summed E-state index contributed by atoms with van der Waals surface area (Å²) >= 11 is 0. The van der Waals surface area contributed by atoms with Gasteiger partial charge in [-0.05, 0) is 37.5 Å². The molecule has 1 aromatic carbocycles. The summed E-state index contributed by atoms with van der Waals surface area (Å²) < 4.78 is 27.2. The lowest BCUT2D eigenvalue weighted by molar-refractivity contribution is -0.123. The van der Waals surface area contributed by atoms with Gasteiger partial charge in [0.25, 0.3) is 0 Å². The van der Waals surface area contributed by atoms with Gasteiger partial charge in [0.15, 0.2) is 0 Å². The summed E-state index contributed by atoms with van der Waals surface area (Å²) in [6, 6.07) is 4.64. The van der Waals surface area contributed by atoms with Crippen LogP contribution in [-0.4, -0.2) is 39.4 Å². The van der Waals surface area contributed by atoms with Crippen LogP contribution in [-0.2, 0) is 19.6 Å². The van der Waals surface area contributed by atoms with Gasteiger partial charge in [0.2, 0.25) is 21.8 Å². The highest BCUT2D eigenvalue weighted by atomic mass is 32.2. The van der Waals surface area contributed by atoms with E-state index in [2.05, 4.69) is 15.4 Å². The molecule has 0 bridgehead atoms. The van der Waals surface area contributed by atoms with Crippen molar-refractivity contribution >= 4 is 27.5 Å². The third-order valence-corrected chi connectivity index (χ3v) is 4.95. The van der Waals surface area contributed by atoms with Crippen molar-refractivity contribution < 1.29 is 18.0 Å². The zero-order chi connectivity index (χ0) is 17.0.